The maximum absolute atomic E-state index is 4.37. The Hall–Kier alpha value is -0.890. The second kappa shape index (κ2) is 5.86. The predicted molar refractivity (Wildman–Crippen MR) is 64.7 cm³/mol. The highest BCUT2D eigenvalue weighted by atomic mass is 14.9. The fraction of sp³-hybridized carbons (Fsp3) is 0.615. The zero-order valence-corrected chi connectivity index (χ0v) is 10.2. The van der Waals surface area contributed by atoms with Gasteiger partial charge in [-0.05, 0) is 31.4 Å². The van der Waals surface area contributed by atoms with Crippen LogP contribution in [0.2, 0.25) is 0 Å². The lowest BCUT2D eigenvalue weighted by Gasteiger charge is -2.19. The van der Waals surface area contributed by atoms with E-state index in [0.29, 0.717) is 6.04 Å². The van der Waals surface area contributed by atoms with Crippen molar-refractivity contribution < 1.29 is 0 Å². The van der Waals surface area contributed by atoms with Crippen molar-refractivity contribution >= 4 is 0 Å². The minimum Gasteiger partial charge on any atom is -0.308 e. The third-order valence-electron chi connectivity index (χ3n) is 3.08. The number of nitrogens with zero attached hydrogens (tertiary/aromatic N) is 1. The van der Waals surface area contributed by atoms with Crippen molar-refractivity contribution in [1.29, 1.82) is 0 Å². The van der Waals surface area contributed by atoms with Gasteiger partial charge in [0.2, 0.25) is 0 Å². The van der Waals surface area contributed by atoms with E-state index in [1.165, 1.54) is 12.0 Å². The second-order valence-electron chi connectivity index (χ2n) is 4.38. The van der Waals surface area contributed by atoms with Gasteiger partial charge in [0, 0.05) is 18.8 Å². The third-order valence-corrected chi connectivity index (χ3v) is 3.08. The van der Waals surface area contributed by atoms with Gasteiger partial charge in [0.25, 0.3) is 0 Å². The Balaban J connectivity index is 2.40. The number of pyridine rings is 1. The van der Waals surface area contributed by atoms with Gasteiger partial charge in [-0.3, -0.25) is 4.98 Å². The average molecular weight is 206 g/mol. The first-order chi connectivity index (χ1) is 7.13. The molecule has 1 aromatic rings. The molecule has 1 aromatic heterocycles. The van der Waals surface area contributed by atoms with Crippen LogP contribution in [-0.4, -0.2) is 11.0 Å². The van der Waals surface area contributed by atoms with Crippen LogP contribution in [0.15, 0.2) is 18.3 Å². The summed E-state index contributed by atoms with van der Waals surface area (Å²) in [7, 11) is 0. The molecule has 84 valence electrons. The molecule has 0 fully saturated rings. The van der Waals surface area contributed by atoms with Gasteiger partial charge in [-0.1, -0.05) is 26.3 Å². The van der Waals surface area contributed by atoms with Crippen molar-refractivity contribution in [1.82, 2.24) is 10.3 Å². The standard InChI is InChI=1S/C13H22N2/c1-5-11(3)12(4)14-9-13-7-6-10(2)8-15-13/h6-8,11-12,14H,5,9H2,1-4H3. The van der Waals surface area contributed by atoms with Crippen LogP contribution in [0.25, 0.3) is 0 Å². The number of rotatable bonds is 5. The van der Waals surface area contributed by atoms with Gasteiger partial charge in [0.1, 0.15) is 0 Å². The molecule has 2 unspecified atom stereocenters. The topological polar surface area (TPSA) is 24.9 Å². The Morgan fingerprint density at radius 2 is 2.07 bits per heavy atom. The maximum atomic E-state index is 4.37. The first-order valence-electron chi connectivity index (χ1n) is 5.78. The van der Waals surface area contributed by atoms with Crippen molar-refractivity contribution in [3.05, 3.63) is 29.6 Å². The lowest BCUT2D eigenvalue weighted by atomic mass is 10.0. The summed E-state index contributed by atoms with van der Waals surface area (Å²) in [6.45, 7) is 9.67. The molecule has 1 N–H and O–H groups in total. The Morgan fingerprint density at radius 1 is 1.33 bits per heavy atom. The van der Waals surface area contributed by atoms with Crippen molar-refractivity contribution in [2.45, 2.75) is 46.7 Å². The van der Waals surface area contributed by atoms with Crippen LogP contribution in [-0.2, 0) is 6.54 Å². The summed E-state index contributed by atoms with van der Waals surface area (Å²) in [5.41, 5.74) is 2.34. The van der Waals surface area contributed by atoms with Crippen LogP contribution in [0.3, 0.4) is 0 Å². The SMILES string of the molecule is CCC(C)C(C)NCc1ccc(C)cn1. The first kappa shape index (κ1) is 12.2. The quantitative estimate of drug-likeness (QED) is 0.801. The smallest absolute Gasteiger partial charge is 0.0541 e. The normalized spacial score (nSPS) is 14.9. The number of aromatic nitrogens is 1. The summed E-state index contributed by atoms with van der Waals surface area (Å²) in [6, 6.07) is 4.75. The molecule has 2 nitrogen and oxygen atoms in total. The largest absolute Gasteiger partial charge is 0.308 e. The molecule has 1 heterocycles. The summed E-state index contributed by atoms with van der Waals surface area (Å²) >= 11 is 0. The van der Waals surface area contributed by atoms with Crippen LogP contribution in [0.1, 0.15) is 38.4 Å². The average Bonchev–Trinajstić information content (AvgIpc) is 2.26. The summed E-state index contributed by atoms with van der Waals surface area (Å²) in [5, 5.41) is 3.51. The van der Waals surface area contributed by atoms with Crippen molar-refractivity contribution in [2.24, 2.45) is 5.92 Å². The van der Waals surface area contributed by atoms with E-state index >= 15 is 0 Å². The highest BCUT2D eigenvalue weighted by Gasteiger charge is 2.08. The molecule has 0 spiro atoms. The van der Waals surface area contributed by atoms with Gasteiger partial charge in [-0.15, -0.1) is 0 Å². The fourth-order valence-corrected chi connectivity index (χ4v) is 1.42. The molecule has 0 saturated heterocycles. The molecule has 0 aromatic carbocycles. The van der Waals surface area contributed by atoms with Gasteiger partial charge in [0.05, 0.1) is 5.69 Å². The molecule has 1 rings (SSSR count). The van der Waals surface area contributed by atoms with Gasteiger partial charge >= 0.3 is 0 Å². The predicted octanol–water partition coefficient (Wildman–Crippen LogP) is 2.91. The van der Waals surface area contributed by atoms with E-state index in [-0.39, 0.29) is 0 Å². The molecule has 0 bridgehead atoms. The monoisotopic (exact) mass is 206 g/mol. The van der Waals surface area contributed by atoms with E-state index in [2.05, 4.69) is 50.1 Å². The summed E-state index contributed by atoms with van der Waals surface area (Å²) < 4.78 is 0. The van der Waals surface area contributed by atoms with Crippen LogP contribution in [0.4, 0.5) is 0 Å². The zero-order chi connectivity index (χ0) is 11.3. The maximum Gasteiger partial charge on any atom is 0.0541 e. The lowest BCUT2D eigenvalue weighted by Crippen LogP contribution is -2.31. The number of aryl methyl sites for hydroxylation is 1. The molecule has 0 saturated carbocycles. The Bertz CT molecular complexity index is 279. The molecule has 0 amide bonds. The van der Waals surface area contributed by atoms with Crippen LogP contribution >= 0.6 is 0 Å². The van der Waals surface area contributed by atoms with Crippen LogP contribution in [0, 0.1) is 12.8 Å². The van der Waals surface area contributed by atoms with Crippen LogP contribution in [0.5, 0.6) is 0 Å². The van der Waals surface area contributed by atoms with E-state index in [4.69, 9.17) is 0 Å². The summed E-state index contributed by atoms with van der Waals surface area (Å²) in [5.74, 6) is 0.718. The summed E-state index contributed by atoms with van der Waals surface area (Å²) in [4.78, 5) is 4.37. The van der Waals surface area contributed by atoms with Gasteiger partial charge in [-0.2, -0.15) is 0 Å². The molecule has 2 atom stereocenters. The molecule has 0 aliphatic heterocycles. The molecule has 0 radical (unpaired) electrons. The van der Waals surface area contributed by atoms with Gasteiger partial charge in [-0.25, -0.2) is 0 Å². The van der Waals surface area contributed by atoms with Crippen molar-refractivity contribution in [2.75, 3.05) is 0 Å². The van der Waals surface area contributed by atoms with Gasteiger partial charge in [0.15, 0.2) is 0 Å². The van der Waals surface area contributed by atoms with Crippen molar-refractivity contribution in [3.8, 4) is 0 Å². The van der Waals surface area contributed by atoms with Gasteiger partial charge < -0.3 is 5.32 Å². The van der Waals surface area contributed by atoms with Crippen LogP contribution < -0.4 is 5.32 Å². The molecule has 0 aliphatic carbocycles. The number of hydrogen-bond acceptors (Lipinski definition) is 2. The van der Waals surface area contributed by atoms with E-state index in [9.17, 15) is 0 Å². The minimum absolute atomic E-state index is 0.554. The van der Waals surface area contributed by atoms with E-state index in [1.807, 2.05) is 6.20 Å². The Labute approximate surface area is 93.1 Å². The number of hydrogen-bond donors (Lipinski definition) is 1. The fourth-order valence-electron chi connectivity index (χ4n) is 1.42. The van der Waals surface area contributed by atoms with E-state index in [1.54, 1.807) is 0 Å². The Kier molecular flexibility index (Phi) is 4.76. The molecule has 15 heavy (non-hydrogen) atoms. The first-order valence-corrected chi connectivity index (χ1v) is 5.78. The Morgan fingerprint density at radius 3 is 2.60 bits per heavy atom. The second-order valence-corrected chi connectivity index (χ2v) is 4.38. The van der Waals surface area contributed by atoms with Crippen molar-refractivity contribution in [3.63, 3.8) is 0 Å². The minimum atomic E-state index is 0.554. The molecule has 0 aliphatic rings. The molecular formula is C13H22N2. The molecular weight excluding hydrogens is 184 g/mol. The lowest BCUT2D eigenvalue weighted by molar-refractivity contribution is 0.388. The van der Waals surface area contributed by atoms with E-state index in [0.717, 1.165) is 18.2 Å². The summed E-state index contributed by atoms with van der Waals surface area (Å²) in [6.07, 6.45) is 3.14. The number of nitrogens with one attached hydrogen (secondary N) is 1. The third kappa shape index (κ3) is 4.00. The zero-order valence-electron chi connectivity index (χ0n) is 10.2. The van der Waals surface area contributed by atoms with E-state index < -0.39 is 0 Å². The highest BCUT2D eigenvalue weighted by Crippen LogP contribution is 2.07. The molecule has 2 heteroatoms. The highest BCUT2D eigenvalue weighted by molar-refractivity contribution is 5.11.